The Hall–Kier alpha value is -9.78. The van der Waals surface area contributed by atoms with Gasteiger partial charge in [-0.1, -0.05) is 13.8 Å². The molecule has 0 saturated carbocycles. The fourth-order valence-corrected chi connectivity index (χ4v) is 10.6. The van der Waals surface area contributed by atoms with Crippen molar-refractivity contribution >= 4 is 128 Å². The summed E-state index contributed by atoms with van der Waals surface area (Å²) in [6, 6.07) is 10.7. The molecule has 36 heteroatoms. The summed E-state index contributed by atoms with van der Waals surface area (Å²) in [6.45, 7) is 12.4. The number of aromatic amines is 1. The van der Waals surface area contributed by atoms with Gasteiger partial charge in [0, 0.05) is 120 Å². The van der Waals surface area contributed by atoms with Gasteiger partial charge in [0.2, 0.25) is 59.1 Å². The van der Waals surface area contributed by atoms with Crippen molar-refractivity contribution < 1.29 is 63.6 Å². The number of carbonyl (C=O) groups excluding carboxylic acids is 10. The van der Waals surface area contributed by atoms with Crippen LogP contribution in [-0.2, 0) is 49.7 Å². The molecule has 2 aromatic carbocycles. The van der Waals surface area contributed by atoms with Crippen LogP contribution in [-0.4, -0.2) is 196 Å². The molecular formula is C69H106N20O14S2. The summed E-state index contributed by atoms with van der Waals surface area (Å²) in [5, 5.41) is 67.5. The average Bonchev–Trinajstić information content (AvgIpc) is 0.815. The number of hydrogen-bond donors (Lipinski definition) is 17. The monoisotopic (exact) mass is 1500 g/mol. The predicted octanol–water partition coefficient (Wildman–Crippen LogP) is 4.03. The Morgan fingerprint density at radius 1 is 0.524 bits per heavy atom. The molecule has 0 fully saturated rings. The van der Waals surface area contributed by atoms with Crippen LogP contribution in [0.2, 0.25) is 0 Å². The van der Waals surface area contributed by atoms with Crippen molar-refractivity contribution in [3.05, 3.63) is 76.3 Å². The molecule has 0 unspecified atom stereocenters. The Kier molecular flexibility index (Phi) is 40.3. The number of unbranched alkanes of at least 4 members (excludes halogenated alkanes) is 7. The van der Waals surface area contributed by atoms with E-state index in [2.05, 4.69) is 83.7 Å². The highest BCUT2D eigenvalue weighted by Gasteiger charge is 2.27. The zero-order chi connectivity index (χ0) is 77.2. The second-order valence-electron chi connectivity index (χ2n) is 25.4. The van der Waals surface area contributed by atoms with E-state index in [1.165, 1.54) is 20.0 Å². The number of rotatable bonds is 48. The number of carbonyl (C=O) groups is 10. The fourth-order valence-electron chi connectivity index (χ4n) is 10.2. The number of aromatic nitrogens is 4. The van der Waals surface area contributed by atoms with Gasteiger partial charge in [-0.05, 0) is 190 Å². The lowest BCUT2D eigenvalue weighted by atomic mass is 10.1. The zero-order valence-corrected chi connectivity index (χ0v) is 62.4. The molecule has 0 aliphatic carbocycles. The molecule has 578 valence electrons. The first-order valence-corrected chi connectivity index (χ1v) is 36.5. The van der Waals surface area contributed by atoms with Crippen molar-refractivity contribution in [2.75, 3.05) is 67.5 Å². The van der Waals surface area contributed by atoms with Gasteiger partial charge in [0.05, 0.1) is 18.4 Å². The van der Waals surface area contributed by atoms with Crippen LogP contribution in [0.1, 0.15) is 186 Å². The van der Waals surface area contributed by atoms with E-state index in [-0.39, 0.29) is 118 Å². The zero-order valence-electron chi connectivity index (χ0n) is 60.8. The summed E-state index contributed by atoms with van der Waals surface area (Å²) in [6.07, 6.45) is 9.51. The predicted molar refractivity (Wildman–Crippen MR) is 403 cm³/mol. The van der Waals surface area contributed by atoms with Crippen molar-refractivity contribution in [3.63, 3.8) is 0 Å². The summed E-state index contributed by atoms with van der Waals surface area (Å²) in [5.41, 5.74) is 8.34. The van der Waals surface area contributed by atoms with Gasteiger partial charge in [0.1, 0.15) is 18.1 Å². The van der Waals surface area contributed by atoms with Crippen LogP contribution in [0, 0.1) is 0 Å². The lowest BCUT2D eigenvalue weighted by Crippen LogP contribution is -2.56. The summed E-state index contributed by atoms with van der Waals surface area (Å²) in [5.74, 6) is -4.55. The molecule has 18 N–H and O–H groups in total. The minimum atomic E-state index is -1.02. The molecule has 0 aliphatic rings. The van der Waals surface area contributed by atoms with Gasteiger partial charge < -0.3 is 69.5 Å². The first-order chi connectivity index (χ1) is 50.1. The molecular weight excluding hydrogens is 1400 g/mol. The van der Waals surface area contributed by atoms with E-state index in [0.29, 0.717) is 139 Å². The topological polar surface area (TPSA) is 483 Å². The number of nitrogens with two attached hydrogens (primary N) is 1. The van der Waals surface area contributed by atoms with Crippen LogP contribution in [0.4, 0.5) is 23.0 Å². The molecule has 2 heterocycles. The van der Waals surface area contributed by atoms with Crippen LogP contribution in [0.5, 0.6) is 0 Å². The fraction of sp³-hybridized carbons (Fsp3) is 0.565. The van der Waals surface area contributed by atoms with Crippen molar-refractivity contribution in [2.24, 2.45) is 0 Å². The second-order valence-corrected chi connectivity index (χ2v) is 26.2. The number of thiocarbonyl (C=S) groups is 2. The summed E-state index contributed by atoms with van der Waals surface area (Å²) < 4.78 is 0. The van der Waals surface area contributed by atoms with Gasteiger partial charge in [-0.15, -0.1) is 0 Å². The van der Waals surface area contributed by atoms with Gasteiger partial charge in [0.15, 0.2) is 21.4 Å². The van der Waals surface area contributed by atoms with Crippen molar-refractivity contribution in [3.8, 4) is 0 Å². The smallest absolute Gasteiger partial charge is 0.280 e. The number of nitrogen functional groups attached to an aromatic ring is 1. The molecule has 0 aliphatic heterocycles. The summed E-state index contributed by atoms with van der Waals surface area (Å²) >= 11 is 11.0. The van der Waals surface area contributed by atoms with Gasteiger partial charge >= 0.3 is 0 Å². The molecule has 2 aromatic heterocycles. The number of anilines is 4. The maximum Gasteiger partial charge on any atom is 0.280 e. The van der Waals surface area contributed by atoms with Crippen LogP contribution < -0.4 is 75.1 Å². The molecule has 0 bridgehead atoms. The number of fused-ring (bicyclic) bond motifs is 1. The molecule has 0 spiro atoms. The van der Waals surface area contributed by atoms with E-state index in [9.17, 15) is 68.4 Å². The quantitative estimate of drug-likeness (QED) is 0.0128. The second kappa shape index (κ2) is 48.3. The minimum Gasteiger partial charge on any atom is -0.379 e. The van der Waals surface area contributed by atoms with Crippen LogP contribution >= 0.6 is 24.4 Å². The Labute approximate surface area is 622 Å². The number of hydrogen-bond acceptors (Lipinski definition) is 21. The van der Waals surface area contributed by atoms with E-state index < -0.39 is 65.2 Å². The lowest BCUT2D eigenvalue weighted by Gasteiger charge is -2.24. The van der Waals surface area contributed by atoms with Gasteiger partial charge in [-0.2, -0.15) is 4.98 Å². The van der Waals surface area contributed by atoms with Gasteiger partial charge in [0.25, 0.3) is 11.5 Å². The number of amides is 10. The number of benzene rings is 2. The highest BCUT2D eigenvalue weighted by molar-refractivity contribution is 7.80. The molecule has 105 heavy (non-hydrogen) atoms. The van der Waals surface area contributed by atoms with Gasteiger partial charge in [-0.3, -0.25) is 73.3 Å². The standard InChI is InChI=1S/C69H106N20O14S2/c1-7-53(83-57(93)30-21-45(4)77-63(97)48-22-24-49(25-23-48)75-42-52-43-76-61-60(80-52)66(100)86-67(70)85-61)65(99)79-46(5)62(96)84-54(8-2)64(98)78-44(3)20-12-16-38-74-69(105)82-51-28-26-50(27-29-51)81-68(104)73-37-15-11-19-41-89(103)59(95)34-32-56(92)72-36-14-10-18-40-88(102)58(94)33-31-55(91)71-35-13-9-17-39-87(101)47(6)90/h22-29,43-46,53-54,75,101-103H,7-21,30-42H2,1-6H3,(H,71,91)(H,72,92)(H,77,97)(H,78,98)(H,79,99)(H,83,93)(H,84,96)(H2,73,81,104)(H2,74,82,105)(H3,70,76,85,86,100)/t44-,45-,46+,53+,54+/m1/s1. The first-order valence-electron chi connectivity index (χ1n) is 35.7. The van der Waals surface area contributed by atoms with Crippen LogP contribution in [0.25, 0.3) is 11.2 Å². The minimum absolute atomic E-state index is 0.0110. The van der Waals surface area contributed by atoms with E-state index in [1.807, 2.05) is 31.2 Å². The van der Waals surface area contributed by atoms with Gasteiger partial charge in [-0.25, -0.2) is 25.2 Å². The number of H-pyrrole nitrogens is 1. The molecule has 10 amide bonds. The summed E-state index contributed by atoms with van der Waals surface area (Å²) in [4.78, 5) is 153. The maximum absolute atomic E-state index is 13.3. The Bertz CT molecular complexity index is 3560. The molecule has 0 radical (unpaired) electrons. The molecule has 34 nitrogen and oxygen atoms in total. The van der Waals surface area contributed by atoms with Crippen LogP contribution in [0.15, 0.2) is 59.5 Å². The SMILES string of the molecule is CC[C@H](NC(=O)CC[C@@H](C)NC(=O)c1ccc(NCc2cnc3nc(N)[nH]c(=O)c3n2)cc1)C(=O)N[C@@H](C)C(=O)N[C@@H](CC)C(=O)N[C@H](C)CCCCNC(=S)Nc1ccc(NC(=S)NCCCCCN(O)C(=O)CCC(=O)NCCCCCN(O)C(=O)CCC(=O)NCCCCCN(O)C(C)=O)cc1. The third-order valence-corrected chi connectivity index (χ3v) is 16.9. The number of hydroxylamine groups is 6. The third-order valence-electron chi connectivity index (χ3n) is 16.4. The first kappa shape index (κ1) is 87.6. The van der Waals surface area contributed by atoms with Crippen molar-refractivity contribution in [1.82, 2.24) is 83.0 Å². The Balaban J connectivity index is 0.970. The Morgan fingerprint density at radius 3 is 1.52 bits per heavy atom. The lowest BCUT2D eigenvalue weighted by molar-refractivity contribution is -0.166. The highest BCUT2D eigenvalue weighted by atomic mass is 32.1. The van der Waals surface area contributed by atoms with E-state index in [1.54, 1.807) is 45.0 Å². The van der Waals surface area contributed by atoms with E-state index >= 15 is 0 Å². The van der Waals surface area contributed by atoms with Crippen molar-refractivity contribution in [2.45, 2.75) is 207 Å². The normalized spacial score (nSPS) is 12.3. The maximum atomic E-state index is 13.3. The highest BCUT2D eigenvalue weighted by Crippen LogP contribution is 2.16. The number of nitrogens with zero attached hydrogens (tertiary/aromatic N) is 6. The molecule has 4 rings (SSSR count). The summed E-state index contributed by atoms with van der Waals surface area (Å²) in [7, 11) is 0. The number of nitrogens with one attached hydrogen (secondary N) is 13. The molecule has 4 aromatic rings. The van der Waals surface area contributed by atoms with E-state index in [0.717, 1.165) is 24.2 Å². The molecule has 0 saturated heterocycles. The Morgan fingerprint density at radius 2 is 1.00 bits per heavy atom. The van der Waals surface area contributed by atoms with E-state index in [4.69, 9.17) is 30.2 Å². The van der Waals surface area contributed by atoms with Crippen LogP contribution in [0.3, 0.4) is 0 Å². The average molecular weight is 1500 g/mol. The largest absolute Gasteiger partial charge is 0.379 e. The third kappa shape index (κ3) is 35.5. The molecule has 5 atom stereocenters. The van der Waals surface area contributed by atoms with Crippen molar-refractivity contribution in [1.29, 1.82) is 0 Å².